The van der Waals surface area contributed by atoms with Crippen molar-refractivity contribution in [2.24, 2.45) is 0 Å². The minimum atomic E-state index is -0.548. The van der Waals surface area contributed by atoms with Gasteiger partial charge in [0.15, 0.2) is 12.1 Å². The molecule has 2 rings (SSSR count). The number of aromatic nitrogens is 1. The number of hydrogen-bond donors (Lipinski definition) is 0. The molecule has 80 valence electrons. The van der Waals surface area contributed by atoms with Gasteiger partial charge in [-0.1, -0.05) is 0 Å². The van der Waals surface area contributed by atoms with E-state index in [1.54, 1.807) is 6.20 Å². The molecule has 0 unspecified atom stereocenters. The van der Waals surface area contributed by atoms with Crippen LogP contribution in [0.1, 0.15) is 29.6 Å². The predicted molar refractivity (Wildman–Crippen MR) is 55.6 cm³/mol. The first kappa shape index (κ1) is 10.1. The Bertz CT molecular complexity index is 377. The van der Waals surface area contributed by atoms with Crippen LogP contribution in [0.2, 0.25) is 0 Å². The Labute approximate surface area is 87.9 Å². The molecule has 0 radical (unpaired) electrons. The van der Waals surface area contributed by atoms with Gasteiger partial charge in [-0.25, -0.2) is 4.39 Å². The molecule has 1 saturated carbocycles. The molecule has 0 N–H and O–H groups in total. The molecule has 1 aliphatic rings. The molecular weight excluding hydrogens is 195 g/mol. The summed E-state index contributed by atoms with van der Waals surface area (Å²) in [5.74, 6) is -0.548. The Balaban J connectivity index is 2.33. The summed E-state index contributed by atoms with van der Waals surface area (Å²) in [7, 11) is 1.88. The van der Waals surface area contributed by atoms with Gasteiger partial charge >= 0.3 is 0 Å². The zero-order chi connectivity index (χ0) is 10.8. The number of rotatable bonds is 3. The van der Waals surface area contributed by atoms with Crippen molar-refractivity contribution in [3.63, 3.8) is 0 Å². The topological polar surface area (TPSA) is 33.2 Å². The van der Waals surface area contributed by atoms with Crippen LogP contribution in [-0.2, 0) is 0 Å². The monoisotopic (exact) mass is 208 g/mol. The molecule has 15 heavy (non-hydrogen) atoms. The maximum Gasteiger partial charge on any atom is 0.155 e. The van der Waals surface area contributed by atoms with Crippen molar-refractivity contribution in [3.05, 3.63) is 23.8 Å². The summed E-state index contributed by atoms with van der Waals surface area (Å²) in [5, 5.41) is 0. The van der Waals surface area contributed by atoms with Crippen molar-refractivity contribution in [2.75, 3.05) is 11.9 Å². The highest BCUT2D eigenvalue weighted by Gasteiger charge is 2.24. The van der Waals surface area contributed by atoms with Gasteiger partial charge in [-0.3, -0.25) is 9.78 Å². The minimum Gasteiger partial charge on any atom is -0.370 e. The van der Waals surface area contributed by atoms with Crippen LogP contribution in [0.5, 0.6) is 0 Å². The largest absolute Gasteiger partial charge is 0.370 e. The van der Waals surface area contributed by atoms with Crippen LogP contribution in [0.3, 0.4) is 0 Å². The number of halogens is 1. The maximum absolute atomic E-state index is 13.3. The summed E-state index contributed by atoms with van der Waals surface area (Å²) < 4.78 is 13.3. The van der Waals surface area contributed by atoms with E-state index in [9.17, 15) is 9.18 Å². The number of anilines is 1. The van der Waals surface area contributed by atoms with Crippen LogP contribution in [0.4, 0.5) is 10.1 Å². The van der Waals surface area contributed by atoms with Crippen LogP contribution < -0.4 is 4.90 Å². The smallest absolute Gasteiger partial charge is 0.155 e. The number of nitrogens with zero attached hydrogens (tertiary/aromatic N) is 2. The van der Waals surface area contributed by atoms with Crippen LogP contribution in [0.25, 0.3) is 0 Å². The van der Waals surface area contributed by atoms with Crippen LogP contribution >= 0.6 is 0 Å². The molecule has 1 heterocycles. The molecule has 1 aromatic rings. The van der Waals surface area contributed by atoms with E-state index in [0.717, 1.165) is 19.0 Å². The van der Waals surface area contributed by atoms with Gasteiger partial charge in [0.1, 0.15) is 0 Å². The third-order valence-corrected chi connectivity index (χ3v) is 3.04. The van der Waals surface area contributed by atoms with Crippen molar-refractivity contribution < 1.29 is 9.18 Å². The fourth-order valence-corrected chi connectivity index (χ4v) is 1.80. The molecule has 0 amide bonds. The molecule has 1 aliphatic carbocycles. The summed E-state index contributed by atoms with van der Waals surface area (Å²) >= 11 is 0. The van der Waals surface area contributed by atoms with Gasteiger partial charge in [-0.2, -0.15) is 0 Å². The Morgan fingerprint density at radius 3 is 2.80 bits per heavy atom. The second kappa shape index (κ2) is 3.96. The summed E-state index contributed by atoms with van der Waals surface area (Å²) in [6.07, 6.45) is 6.58. The quantitative estimate of drug-likeness (QED) is 0.712. The van der Waals surface area contributed by atoms with Gasteiger partial charge in [-0.05, 0) is 19.3 Å². The Morgan fingerprint density at radius 2 is 2.27 bits per heavy atom. The first-order chi connectivity index (χ1) is 7.24. The molecule has 0 spiro atoms. The summed E-state index contributed by atoms with van der Waals surface area (Å²) in [5.41, 5.74) is 0.703. The molecular formula is C11H13FN2O. The number of pyridine rings is 1. The minimum absolute atomic E-state index is 0.111. The molecule has 4 heteroatoms. The first-order valence-electron chi connectivity index (χ1n) is 5.05. The number of carbonyl (C=O) groups is 1. The van der Waals surface area contributed by atoms with E-state index in [1.807, 2.05) is 11.9 Å². The molecule has 0 atom stereocenters. The Hall–Kier alpha value is -1.45. The van der Waals surface area contributed by atoms with E-state index < -0.39 is 5.82 Å². The summed E-state index contributed by atoms with van der Waals surface area (Å²) in [6, 6.07) is 0.423. The highest BCUT2D eigenvalue weighted by Crippen LogP contribution is 2.29. The average Bonchev–Trinajstić information content (AvgIpc) is 2.14. The van der Waals surface area contributed by atoms with Crippen molar-refractivity contribution in [1.29, 1.82) is 0 Å². The van der Waals surface area contributed by atoms with Gasteiger partial charge in [-0.15, -0.1) is 0 Å². The lowest BCUT2D eigenvalue weighted by Gasteiger charge is -2.36. The molecule has 0 bridgehead atoms. The lowest BCUT2D eigenvalue weighted by molar-refractivity contribution is 0.112. The van der Waals surface area contributed by atoms with Crippen molar-refractivity contribution in [2.45, 2.75) is 25.3 Å². The van der Waals surface area contributed by atoms with Crippen molar-refractivity contribution >= 4 is 12.0 Å². The van der Waals surface area contributed by atoms with E-state index in [1.165, 1.54) is 6.42 Å². The van der Waals surface area contributed by atoms with Crippen molar-refractivity contribution in [3.8, 4) is 0 Å². The number of carbonyl (C=O) groups excluding carboxylic acids is 1. The van der Waals surface area contributed by atoms with Gasteiger partial charge in [0.05, 0.1) is 23.6 Å². The third-order valence-electron chi connectivity index (χ3n) is 3.04. The van der Waals surface area contributed by atoms with Crippen LogP contribution in [0.15, 0.2) is 12.4 Å². The van der Waals surface area contributed by atoms with E-state index in [-0.39, 0.29) is 5.56 Å². The van der Waals surface area contributed by atoms with E-state index in [2.05, 4.69) is 4.98 Å². The maximum atomic E-state index is 13.3. The Morgan fingerprint density at radius 1 is 1.53 bits per heavy atom. The van der Waals surface area contributed by atoms with Crippen LogP contribution in [-0.4, -0.2) is 24.4 Å². The Kier molecular flexibility index (Phi) is 2.66. The standard InChI is InChI=1S/C11H13FN2O/c1-14(8-3-2-4-8)11-6-13-5-10(12)9(11)7-15/h5-8H,2-4H2,1H3. The zero-order valence-corrected chi connectivity index (χ0v) is 8.61. The van der Waals surface area contributed by atoms with E-state index >= 15 is 0 Å². The van der Waals surface area contributed by atoms with Gasteiger partial charge in [0.25, 0.3) is 0 Å². The zero-order valence-electron chi connectivity index (χ0n) is 8.61. The highest BCUT2D eigenvalue weighted by atomic mass is 19.1. The average molecular weight is 208 g/mol. The van der Waals surface area contributed by atoms with Gasteiger partial charge < -0.3 is 4.90 Å². The first-order valence-corrected chi connectivity index (χ1v) is 5.05. The SMILES string of the molecule is CN(c1cncc(F)c1C=O)C1CCC1. The number of aldehydes is 1. The fourth-order valence-electron chi connectivity index (χ4n) is 1.80. The molecule has 1 aromatic heterocycles. The number of hydrogen-bond acceptors (Lipinski definition) is 3. The van der Waals surface area contributed by atoms with Gasteiger partial charge in [0, 0.05) is 13.1 Å². The molecule has 0 aliphatic heterocycles. The lowest BCUT2D eigenvalue weighted by Crippen LogP contribution is -2.37. The molecule has 1 fully saturated rings. The molecule has 3 nitrogen and oxygen atoms in total. The predicted octanol–water partition coefficient (Wildman–Crippen LogP) is 2.02. The second-order valence-corrected chi connectivity index (χ2v) is 3.87. The molecule has 0 aromatic carbocycles. The van der Waals surface area contributed by atoms with E-state index in [0.29, 0.717) is 18.0 Å². The lowest BCUT2D eigenvalue weighted by atomic mass is 9.91. The van der Waals surface area contributed by atoms with E-state index in [4.69, 9.17) is 0 Å². The second-order valence-electron chi connectivity index (χ2n) is 3.87. The van der Waals surface area contributed by atoms with Crippen molar-refractivity contribution in [1.82, 2.24) is 4.98 Å². The third kappa shape index (κ3) is 1.71. The normalized spacial score (nSPS) is 15.9. The van der Waals surface area contributed by atoms with Crippen LogP contribution in [0, 0.1) is 5.82 Å². The van der Waals surface area contributed by atoms with Gasteiger partial charge in [0.2, 0.25) is 0 Å². The highest BCUT2D eigenvalue weighted by molar-refractivity contribution is 5.84. The fraction of sp³-hybridized carbons (Fsp3) is 0.455. The summed E-state index contributed by atoms with van der Waals surface area (Å²) in [6.45, 7) is 0. The molecule has 0 saturated heterocycles. The summed E-state index contributed by atoms with van der Waals surface area (Å²) in [4.78, 5) is 16.5.